The van der Waals surface area contributed by atoms with Gasteiger partial charge in [-0.1, -0.05) is 35.5 Å². The number of anilines is 1. The van der Waals surface area contributed by atoms with Gasteiger partial charge >= 0.3 is 6.03 Å². The zero-order valence-electron chi connectivity index (χ0n) is 19.4. The first-order valence-electron chi connectivity index (χ1n) is 12.1. The van der Waals surface area contributed by atoms with Gasteiger partial charge in [0.2, 0.25) is 0 Å². The third-order valence-corrected chi connectivity index (χ3v) is 7.22. The second-order valence-corrected chi connectivity index (χ2v) is 9.61. The van der Waals surface area contributed by atoms with E-state index in [1.807, 2.05) is 28.0 Å². The van der Waals surface area contributed by atoms with Crippen molar-refractivity contribution in [3.05, 3.63) is 70.7 Å². The van der Waals surface area contributed by atoms with Crippen molar-refractivity contribution in [2.75, 3.05) is 18.8 Å². The molecule has 0 radical (unpaired) electrons. The lowest BCUT2D eigenvalue weighted by molar-refractivity contribution is 0.0931. The molecule has 6 rings (SSSR count). The zero-order chi connectivity index (χ0) is 23.9. The Morgan fingerprint density at radius 1 is 1.09 bits per heavy atom. The first-order chi connectivity index (χ1) is 17.0. The number of hydrogen-bond acceptors (Lipinski definition) is 6. The van der Waals surface area contributed by atoms with Crippen molar-refractivity contribution in [3.63, 3.8) is 0 Å². The van der Waals surface area contributed by atoms with Gasteiger partial charge in [0.15, 0.2) is 5.69 Å². The van der Waals surface area contributed by atoms with Crippen molar-refractivity contribution in [2.45, 2.75) is 50.9 Å². The summed E-state index contributed by atoms with van der Waals surface area (Å²) in [6.07, 6.45) is 5.47. The maximum absolute atomic E-state index is 12.7. The number of carbonyl (C=O) groups excluding carboxylic acids is 2. The number of nitrogens with two attached hydrogens (primary N) is 1. The molecule has 4 heterocycles. The van der Waals surface area contributed by atoms with E-state index in [9.17, 15) is 9.59 Å². The molecule has 35 heavy (non-hydrogen) atoms. The smallest absolute Gasteiger partial charge is 0.320 e. The number of aryl methyl sites for hydroxylation is 1. The molecule has 0 saturated carbocycles. The van der Waals surface area contributed by atoms with E-state index < -0.39 is 0 Å². The molecule has 0 spiro atoms. The van der Waals surface area contributed by atoms with E-state index in [1.165, 1.54) is 0 Å². The van der Waals surface area contributed by atoms with Crippen molar-refractivity contribution in [1.82, 2.24) is 35.1 Å². The summed E-state index contributed by atoms with van der Waals surface area (Å²) >= 11 is 0. The van der Waals surface area contributed by atoms with Crippen LogP contribution in [0, 0.1) is 0 Å². The Balaban J connectivity index is 1.05. The minimum atomic E-state index is -0.253. The summed E-state index contributed by atoms with van der Waals surface area (Å²) < 4.78 is 1.66. The number of carbonyl (C=O) groups is 2. The Hall–Kier alpha value is -3.95. The average Bonchev–Trinajstić information content (AvgIpc) is 3.63. The van der Waals surface area contributed by atoms with E-state index in [1.54, 1.807) is 16.9 Å². The summed E-state index contributed by atoms with van der Waals surface area (Å²) in [7, 11) is 0. The van der Waals surface area contributed by atoms with E-state index in [4.69, 9.17) is 5.73 Å². The molecule has 2 saturated heterocycles. The molecule has 3 amide bonds. The van der Waals surface area contributed by atoms with Crippen LogP contribution in [-0.4, -0.2) is 60.8 Å². The summed E-state index contributed by atoms with van der Waals surface area (Å²) in [5.41, 5.74) is 10.2. The lowest BCUT2D eigenvalue weighted by Gasteiger charge is -2.17. The van der Waals surface area contributed by atoms with Crippen LogP contribution in [0.4, 0.5) is 10.6 Å². The first-order valence-corrected chi connectivity index (χ1v) is 12.1. The molecule has 2 aliphatic heterocycles. The second-order valence-electron chi connectivity index (χ2n) is 9.61. The predicted molar refractivity (Wildman–Crippen MR) is 128 cm³/mol. The molecule has 180 valence electrons. The van der Waals surface area contributed by atoms with Gasteiger partial charge < -0.3 is 20.9 Å². The molecular formula is C25H28N8O2. The number of hydrogen-bond donors (Lipinski definition) is 2. The van der Waals surface area contributed by atoms with Gasteiger partial charge in [-0.25, -0.2) is 14.5 Å². The number of pyridine rings is 1. The molecule has 3 aromatic rings. The highest BCUT2D eigenvalue weighted by molar-refractivity contribution is 5.92. The van der Waals surface area contributed by atoms with E-state index in [0.29, 0.717) is 24.9 Å². The van der Waals surface area contributed by atoms with Crippen molar-refractivity contribution in [2.24, 2.45) is 0 Å². The summed E-state index contributed by atoms with van der Waals surface area (Å²) in [6, 6.07) is 12.3. The number of nitrogen functional groups attached to an aromatic ring is 1. The molecule has 2 unspecified atom stereocenters. The van der Waals surface area contributed by atoms with Crippen LogP contribution in [0.3, 0.4) is 0 Å². The second kappa shape index (κ2) is 8.68. The van der Waals surface area contributed by atoms with Crippen LogP contribution >= 0.6 is 0 Å². The molecule has 2 fully saturated rings. The first kappa shape index (κ1) is 21.6. The fraction of sp³-hybridized carbons (Fsp3) is 0.400. The Morgan fingerprint density at radius 3 is 2.69 bits per heavy atom. The van der Waals surface area contributed by atoms with Crippen LogP contribution in [-0.2, 0) is 19.5 Å². The largest absolute Gasteiger partial charge is 0.384 e. The van der Waals surface area contributed by atoms with Gasteiger partial charge in [-0.2, -0.15) is 0 Å². The van der Waals surface area contributed by atoms with Crippen molar-refractivity contribution in [3.8, 4) is 0 Å². The van der Waals surface area contributed by atoms with Crippen LogP contribution in [0.1, 0.15) is 58.2 Å². The Bertz CT molecular complexity index is 1270. The van der Waals surface area contributed by atoms with E-state index in [-0.39, 0.29) is 23.7 Å². The highest BCUT2D eigenvalue weighted by atomic mass is 16.2. The van der Waals surface area contributed by atoms with Crippen molar-refractivity contribution >= 4 is 17.8 Å². The maximum Gasteiger partial charge on any atom is 0.320 e. The summed E-state index contributed by atoms with van der Waals surface area (Å²) in [4.78, 5) is 33.6. The molecule has 3 N–H and O–H groups in total. The third kappa shape index (κ3) is 4.20. The van der Waals surface area contributed by atoms with E-state index >= 15 is 0 Å². The van der Waals surface area contributed by atoms with Gasteiger partial charge in [0, 0.05) is 25.3 Å². The molecule has 1 aromatic carbocycles. The van der Waals surface area contributed by atoms with Crippen LogP contribution in [0.2, 0.25) is 0 Å². The quantitative estimate of drug-likeness (QED) is 0.567. The van der Waals surface area contributed by atoms with Crippen molar-refractivity contribution < 1.29 is 9.59 Å². The van der Waals surface area contributed by atoms with Gasteiger partial charge in [-0.05, 0) is 48.4 Å². The number of nitrogens with zero attached hydrogens (tertiary/aromatic N) is 6. The highest BCUT2D eigenvalue weighted by Crippen LogP contribution is 2.30. The highest BCUT2D eigenvalue weighted by Gasteiger charge is 2.39. The lowest BCUT2D eigenvalue weighted by atomic mass is 10.1. The molecule has 3 aliphatic rings. The molecule has 10 heteroatoms. The summed E-state index contributed by atoms with van der Waals surface area (Å²) in [5, 5.41) is 11.2. The fourth-order valence-corrected chi connectivity index (χ4v) is 5.43. The average molecular weight is 473 g/mol. The Labute approximate surface area is 203 Å². The normalized spacial score (nSPS) is 20.9. The number of rotatable bonds is 6. The number of nitrogens with one attached hydrogen (secondary N) is 1. The van der Waals surface area contributed by atoms with Crippen LogP contribution < -0.4 is 11.1 Å². The minimum absolute atomic E-state index is 0.0952. The zero-order valence-corrected chi connectivity index (χ0v) is 19.4. The molecule has 1 aliphatic carbocycles. The molecule has 10 nitrogen and oxygen atoms in total. The van der Waals surface area contributed by atoms with Gasteiger partial charge in [0.1, 0.15) is 5.82 Å². The fourth-order valence-electron chi connectivity index (χ4n) is 5.43. The van der Waals surface area contributed by atoms with Gasteiger partial charge in [0.05, 0.1) is 24.8 Å². The Morgan fingerprint density at radius 2 is 1.89 bits per heavy atom. The Kier molecular flexibility index (Phi) is 5.35. The van der Waals surface area contributed by atoms with Crippen molar-refractivity contribution in [1.29, 1.82) is 0 Å². The molecular weight excluding hydrogens is 444 g/mol. The summed E-state index contributed by atoms with van der Waals surface area (Å²) in [6.45, 7) is 2.85. The monoisotopic (exact) mass is 472 g/mol. The van der Waals surface area contributed by atoms with Crippen LogP contribution in [0.15, 0.2) is 42.6 Å². The molecule has 2 aromatic heterocycles. The molecule has 0 bridgehead atoms. The number of fused-ring (bicyclic) bond motifs is 2. The van der Waals surface area contributed by atoms with E-state index in [0.717, 1.165) is 61.2 Å². The predicted octanol–water partition coefficient (Wildman–Crippen LogP) is 2.12. The molecule has 2 atom stereocenters. The number of amides is 3. The lowest BCUT2D eigenvalue weighted by Crippen LogP contribution is -2.31. The van der Waals surface area contributed by atoms with Crippen LogP contribution in [0.25, 0.3) is 0 Å². The van der Waals surface area contributed by atoms with Gasteiger partial charge in [0.25, 0.3) is 5.91 Å². The minimum Gasteiger partial charge on any atom is -0.384 e. The number of aromatic nitrogens is 4. The van der Waals surface area contributed by atoms with Crippen LogP contribution in [0.5, 0.6) is 0 Å². The van der Waals surface area contributed by atoms with Gasteiger partial charge in [-0.15, -0.1) is 5.10 Å². The third-order valence-electron chi connectivity index (χ3n) is 7.22. The van der Waals surface area contributed by atoms with Gasteiger partial charge in [-0.3, -0.25) is 4.79 Å². The SMILES string of the molecule is Nc1ccc2c(n1)CCC2NC(=O)c1cn(Cc2ccc(CN3CC4CCCN4C3=O)cc2)nn1. The topological polar surface area (TPSA) is 122 Å². The standard InChI is InChI=1S/C25H28N8O2/c26-23-10-7-19-20(27-23)8-9-21(19)28-24(34)22-15-32(30-29-22)13-17-5-3-16(4-6-17)12-31-14-18-2-1-11-33(18)25(31)35/h3-7,10,15,18,21H,1-2,8-9,11-14H2,(H2,26,27)(H,28,34). The van der Waals surface area contributed by atoms with E-state index in [2.05, 4.69) is 32.7 Å². The number of urea groups is 1. The number of benzene rings is 1. The maximum atomic E-state index is 12.7. The summed E-state index contributed by atoms with van der Waals surface area (Å²) in [5.74, 6) is 0.244.